The monoisotopic (exact) mass is 357 g/mol. The van der Waals surface area contributed by atoms with Gasteiger partial charge < -0.3 is 0 Å². The fourth-order valence-corrected chi connectivity index (χ4v) is 3.69. The summed E-state index contributed by atoms with van der Waals surface area (Å²) in [6, 6.07) is 4.44. The Balaban J connectivity index is 1.69. The number of nitrogens with zero attached hydrogens (tertiary/aromatic N) is 7. The van der Waals surface area contributed by atoms with Crippen molar-refractivity contribution in [2.24, 2.45) is 5.92 Å². The molecule has 142 valence electrons. The molecule has 3 rings (SSSR count). The zero-order chi connectivity index (χ0) is 18.7. The third-order valence-electron chi connectivity index (χ3n) is 4.98. The van der Waals surface area contributed by atoms with E-state index in [4.69, 9.17) is 0 Å². The lowest BCUT2D eigenvalue weighted by molar-refractivity contribution is 0.0638. The molecule has 0 N–H and O–H groups in total. The first-order chi connectivity index (χ1) is 12.4. The molecule has 1 atom stereocenters. The van der Waals surface area contributed by atoms with E-state index in [2.05, 4.69) is 77.1 Å². The van der Waals surface area contributed by atoms with E-state index in [1.165, 1.54) is 5.56 Å². The van der Waals surface area contributed by atoms with Crippen molar-refractivity contribution in [1.82, 2.24) is 35.0 Å². The highest BCUT2D eigenvalue weighted by atomic mass is 15.6. The highest BCUT2D eigenvalue weighted by molar-refractivity contribution is 5.09. The van der Waals surface area contributed by atoms with Gasteiger partial charge in [0, 0.05) is 45.1 Å². The van der Waals surface area contributed by atoms with E-state index in [9.17, 15) is 0 Å². The average Bonchev–Trinajstić information content (AvgIpc) is 3.07. The largest absolute Gasteiger partial charge is 0.297 e. The van der Waals surface area contributed by atoms with E-state index in [0.717, 1.165) is 38.5 Å². The van der Waals surface area contributed by atoms with Gasteiger partial charge in [-0.2, -0.15) is 0 Å². The van der Waals surface area contributed by atoms with Crippen LogP contribution in [0.15, 0.2) is 24.5 Å². The lowest BCUT2D eigenvalue weighted by Gasteiger charge is -2.40. The van der Waals surface area contributed by atoms with Crippen molar-refractivity contribution < 1.29 is 0 Å². The standard InChI is InChI=1S/C19H31N7/c1-15(2)17(18-21-22-23-26(18)19(3,4)5)25-12-10-24(11-13-25)14-16-6-8-20-9-7-16/h6-9,15,17H,10-14H2,1-5H3/t17-/m0/s1. The van der Waals surface area contributed by atoms with Crippen molar-refractivity contribution in [2.45, 2.75) is 52.7 Å². The molecule has 7 nitrogen and oxygen atoms in total. The van der Waals surface area contributed by atoms with Crippen LogP contribution in [0.2, 0.25) is 0 Å². The van der Waals surface area contributed by atoms with Crippen molar-refractivity contribution in [3.05, 3.63) is 35.9 Å². The molecule has 1 fully saturated rings. The fourth-order valence-electron chi connectivity index (χ4n) is 3.69. The van der Waals surface area contributed by atoms with Crippen LogP contribution < -0.4 is 0 Å². The van der Waals surface area contributed by atoms with Crippen LogP contribution >= 0.6 is 0 Å². The summed E-state index contributed by atoms with van der Waals surface area (Å²) in [5, 5.41) is 12.7. The predicted molar refractivity (Wildman–Crippen MR) is 101 cm³/mol. The minimum absolute atomic E-state index is 0.116. The Morgan fingerprint density at radius 3 is 2.27 bits per heavy atom. The van der Waals surface area contributed by atoms with E-state index >= 15 is 0 Å². The number of pyridine rings is 1. The van der Waals surface area contributed by atoms with E-state index in [1.807, 2.05) is 17.1 Å². The summed E-state index contributed by atoms with van der Waals surface area (Å²) in [4.78, 5) is 9.15. The first-order valence-electron chi connectivity index (χ1n) is 9.50. The topological polar surface area (TPSA) is 63.0 Å². The van der Waals surface area contributed by atoms with E-state index < -0.39 is 0 Å². The van der Waals surface area contributed by atoms with Gasteiger partial charge in [0.05, 0.1) is 11.6 Å². The maximum absolute atomic E-state index is 4.41. The highest BCUT2D eigenvalue weighted by Crippen LogP contribution is 2.30. The molecular formula is C19H31N7. The molecule has 0 aromatic carbocycles. The van der Waals surface area contributed by atoms with Crippen molar-refractivity contribution in [2.75, 3.05) is 26.2 Å². The zero-order valence-corrected chi connectivity index (χ0v) is 16.6. The number of rotatable bonds is 5. The Bertz CT molecular complexity index is 681. The molecular weight excluding hydrogens is 326 g/mol. The third kappa shape index (κ3) is 4.27. The second-order valence-corrected chi connectivity index (χ2v) is 8.48. The summed E-state index contributed by atoms with van der Waals surface area (Å²) < 4.78 is 1.99. The minimum Gasteiger partial charge on any atom is -0.297 e. The van der Waals surface area contributed by atoms with E-state index in [0.29, 0.717) is 5.92 Å². The van der Waals surface area contributed by atoms with Crippen LogP contribution in [-0.4, -0.2) is 61.2 Å². The zero-order valence-electron chi connectivity index (χ0n) is 16.6. The molecule has 2 aromatic rings. The normalized spacial score (nSPS) is 18.4. The molecule has 0 amide bonds. The van der Waals surface area contributed by atoms with Crippen molar-refractivity contribution in [1.29, 1.82) is 0 Å². The Morgan fingerprint density at radius 1 is 1.04 bits per heavy atom. The van der Waals surface area contributed by atoms with Gasteiger partial charge in [0.1, 0.15) is 0 Å². The van der Waals surface area contributed by atoms with Crippen LogP contribution in [0.25, 0.3) is 0 Å². The third-order valence-corrected chi connectivity index (χ3v) is 4.98. The number of hydrogen-bond donors (Lipinski definition) is 0. The van der Waals surface area contributed by atoms with Gasteiger partial charge >= 0.3 is 0 Å². The van der Waals surface area contributed by atoms with E-state index in [1.54, 1.807) is 0 Å². The van der Waals surface area contributed by atoms with Crippen molar-refractivity contribution >= 4 is 0 Å². The van der Waals surface area contributed by atoms with Crippen LogP contribution in [0.3, 0.4) is 0 Å². The van der Waals surface area contributed by atoms with Gasteiger partial charge in [0.2, 0.25) is 0 Å². The minimum atomic E-state index is -0.116. The van der Waals surface area contributed by atoms with Crippen LogP contribution in [-0.2, 0) is 12.1 Å². The molecule has 1 aliphatic heterocycles. The Morgan fingerprint density at radius 2 is 1.69 bits per heavy atom. The van der Waals surface area contributed by atoms with Gasteiger partial charge in [-0.15, -0.1) is 5.10 Å². The van der Waals surface area contributed by atoms with Crippen LogP contribution in [0.1, 0.15) is 52.0 Å². The molecule has 0 saturated carbocycles. The van der Waals surface area contributed by atoms with E-state index in [-0.39, 0.29) is 11.6 Å². The lowest BCUT2D eigenvalue weighted by Crippen LogP contribution is -2.49. The molecule has 1 aliphatic rings. The molecule has 0 radical (unpaired) electrons. The van der Waals surface area contributed by atoms with Crippen molar-refractivity contribution in [3.63, 3.8) is 0 Å². The molecule has 1 saturated heterocycles. The number of aromatic nitrogens is 5. The molecule has 26 heavy (non-hydrogen) atoms. The second kappa shape index (κ2) is 7.80. The van der Waals surface area contributed by atoms with Gasteiger partial charge in [-0.25, -0.2) is 4.68 Å². The summed E-state index contributed by atoms with van der Waals surface area (Å²) in [6.45, 7) is 16.1. The average molecular weight is 358 g/mol. The quantitative estimate of drug-likeness (QED) is 0.818. The van der Waals surface area contributed by atoms with Crippen molar-refractivity contribution in [3.8, 4) is 0 Å². The Labute approximate surface area is 156 Å². The first kappa shape index (κ1) is 18.9. The summed E-state index contributed by atoms with van der Waals surface area (Å²) in [6.07, 6.45) is 3.74. The Hall–Kier alpha value is -1.86. The molecule has 7 heteroatoms. The summed E-state index contributed by atoms with van der Waals surface area (Å²) in [7, 11) is 0. The SMILES string of the molecule is CC(C)[C@@H](c1nnnn1C(C)(C)C)N1CCN(Cc2ccncc2)CC1. The van der Waals surface area contributed by atoms with Gasteiger partial charge in [-0.3, -0.25) is 14.8 Å². The predicted octanol–water partition coefficient (Wildman–Crippen LogP) is 2.34. The smallest absolute Gasteiger partial charge is 0.169 e. The summed E-state index contributed by atoms with van der Waals surface area (Å²) in [5.74, 6) is 1.43. The number of piperazine rings is 1. The first-order valence-corrected chi connectivity index (χ1v) is 9.50. The maximum Gasteiger partial charge on any atom is 0.169 e. The molecule has 0 spiro atoms. The highest BCUT2D eigenvalue weighted by Gasteiger charge is 2.33. The van der Waals surface area contributed by atoms with Gasteiger partial charge in [-0.05, 0) is 54.8 Å². The molecule has 3 heterocycles. The van der Waals surface area contributed by atoms with Crippen LogP contribution in [0, 0.1) is 5.92 Å². The molecule has 0 bridgehead atoms. The number of hydrogen-bond acceptors (Lipinski definition) is 6. The van der Waals surface area contributed by atoms with Gasteiger partial charge in [-0.1, -0.05) is 13.8 Å². The van der Waals surface area contributed by atoms with Gasteiger partial charge in [0.25, 0.3) is 0 Å². The van der Waals surface area contributed by atoms with Gasteiger partial charge in [0.15, 0.2) is 5.82 Å². The second-order valence-electron chi connectivity index (χ2n) is 8.48. The summed E-state index contributed by atoms with van der Waals surface area (Å²) >= 11 is 0. The molecule has 2 aromatic heterocycles. The summed E-state index contributed by atoms with van der Waals surface area (Å²) in [5.41, 5.74) is 1.21. The van der Waals surface area contributed by atoms with Crippen LogP contribution in [0.5, 0.6) is 0 Å². The number of tetrazole rings is 1. The molecule has 0 aliphatic carbocycles. The maximum atomic E-state index is 4.41. The fraction of sp³-hybridized carbons (Fsp3) is 0.684. The Kier molecular flexibility index (Phi) is 5.67. The lowest BCUT2D eigenvalue weighted by atomic mass is 9.99. The molecule has 0 unspecified atom stereocenters. The van der Waals surface area contributed by atoms with Crippen LogP contribution in [0.4, 0.5) is 0 Å².